The summed E-state index contributed by atoms with van der Waals surface area (Å²) in [5, 5.41) is 5.08. The summed E-state index contributed by atoms with van der Waals surface area (Å²) in [6, 6.07) is 18.1. The summed E-state index contributed by atoms with van der Waals surface area (Å²) in [5.41, 5.74) is 3.07. The largest absolute Gasteiger partial charge is 0.371 e. The normalized spacial score (nSPS) is 15.9. The van der Waals surface area contributed by atoms with Gasteiger partial charge in [0.2, 0.25) is 0 Å². The SMILES string of the molecule is O=C(Nc1ccc(N2CCC(Cc3ccccc3)CC2)c(C(=O)N2CCCC2)c1)Nc1ccc(F)cc1F. The Morgan fingerprint density at radius 2 is 1.58 bits per heavy atom. The van der Waals surface area contributed by atoms with Gasteiger partial charge in [-0.3, -0.25) is 4.79 Å². The zero-order valence-corrected chi connectivity index (χ0v) is 21.3. The van der Waals surface area contributed by atoms with Crippen molar-refractivity contribution in [3.8, 4) is 0 Å². The summed E-state index contributed by atoms with van der Waals surface area (Å²) in [4.78, 5) is 30.2. The number of nitrogens with zero attached hydrogens (tertiary/aromatic N) is 2. The summed E-state index contributed by atoms with van der Waals surface area (Å²) in [6.45, 7) is 3.16. The van der Waals surface area contributed by atoms with E-state index in [-0.39, 0.29) is 11.6 Å². The Labute approximate surface area is 221 Å². The van der Waals surface area contributed by atoms with E-state index >= 15 is 0 Å². The van der Waals surface area contributed by atoms with Crippen LogP contribution in [0.2, 0.25) is 0 Å². The molecule has 6 nitrogen and oxygen atoms in total. The lowest BCUT2D eigenvalue weighted by molar-refractivity contribution is 0.0793. The summed E-state index contributed by atoms with van der Waals surface area (Å²) in [7, 11) is 0. The van der Waals surface area contributed by atoms with Gasteiger partial charge in [0.25, 0.3) is 5.91 Å². The van der Waals surface area contributed by atoms with Crippen LogP contribution >= 0.6 is 0 Å². The van der Waals surface area contributed by atoms with Crippen LogP contribution in [0.4, 0.5) is 30.6 Å². The molecule has 8 heteroatoms. The van der Waals surface area contributed by atoms with E-state index in [4.69, 9.17) is 0 Å². The van der Waals surface area contributed by atoms with Gasteiger partial charge in [-0.25, -0.2) is 13.6 Å². The molecule has 2 aliphatic heterocycles. The number of benzene rings is 3. The standard InChI is InChI=1S/C30H32F2N4O2/c31-23-8-10-27(26(32)19-23)34-30(38)33-24-9-11-28(25(20-24)29(37)36-14-4-5-15-36)35-16-12-22(13-17-35)18-21-6-2-1-3-7-21/h1-3,6-11,19-20,22H,4-5,12-18H2,(H2,33,34,38). The van der Waals surface area contributed by atoms with Gasteiger partial charge < -0.3 is 20.4 Å². The highest BCUT2D eigenvalue weighted by atomic mass is 19.1. The Morgan fingerprint density at radius 1 is 0.842 bits per heavy atom. The van der Waals surface area contributed by atoms with Crippen molar-refractivity contribution in [2.45, 2.75) is 32.1 Å². The van der Waals surface area contributed by atoms with Gasteiger partial charge in [-0.2, -0.15) is 0 Å². The maximum absolute atomic E-state index is 14.0. The van der Waals surface area contributed by atoms with E-state index in [1.807, 2.05) is 17.0 Å². The topological polar surface area (TPSA) is 64.7 Å². The van der Waals surface area contributed by atoms with Crippen LogP contribution in [0.5, 0.6) is 0 Å². The molecule has 3 aromatic rings. The highest BCUT2D eigenvalue weighted by Gasteiger charge is 2.27. The van der Waals surface area contributed by atoms with Crippen molar-refractivity contribution in [2.24, 2.45) is 5.92 Å². The van der Waals surface area contributed by atoms with Crippen molar-refractivity contribution < 1.29 is 18.4 Å². The molecule has 5 rings (SSSR count). The van der Waals surface area contributed by atoms with Gasteiger partial charge >= 0.3 is 6.03 Å². The Bertz CT molecular complexity index is 1290. The first-order valence-corrected chi connectivity index (χ1v) is 13.2. The number of carbonyl (C=O) groups excluding carboxylic acids is 2. The number of hydrogen-bond acceptors (Lipinski definition) is 3. The molecule has 0 radical (unpaired) electrons. The fraction of sp³-hybridized carbons (Fsp3) is 0.333. The Hall–Kier alpha value is -3.94. The van der Waals surface area contributed by atoms with Gasteiger partial charge in [0, 0.05) is 43.6 Å². The zero-order valence-electron chi connectivity index (χ0n) is 21.3. The average Bonchev–Trinajstić information content (AvgIpc) is 3.46. The predicted octanol–water partition coefficient (Wildman–Crippen LogP) is 6.30. The van der Waals surface area contributed by atoms with Crippen LogP contribution in [0.15, 0.2) is 66.7 Å². The van der Waals surface area contributed by atoms with Crippen molar-refractivity contribution in [2.75, 3.05) is 41.7 Å². The Balaban J connectivity index is 1.30. The molecule has 2 fully saturated rings. The first-order valence-electron chi connectivity index (χ1n) is 13.2. The van der Waals surface area contributed by atoms with Crippen LogP contribution in [0.3, 0.4) is 0 Å². The molecule has 0 aromatic heterocycles. The molecule has 0 aliphatic carbocycles. The highest BCUT2D eigenvalue weighted by Crippen LogP contribution is 2.31. The summed E-state index contributed by atoms with van der Waals surface area (Å²) in [6.07, 6.45) is 5.10. The second-order valence-corrected chi connectivity index (χ2v) is 10.1. The second-order valence-electron chi connectivity index (χ2n) is 10.1. The minimum absolute atomic E-state index is 0.0439. The number of urea groups is 1. The zero-order chi connectivity index (χ0) is 26.5. The lowest BCUT2D eigenvalue weighted by atomic mass is 9.89. The summed E-state index contributed by atoms with van der Waals surface area (Å²) >= 11 is 0. The first kappa shape index (κ1) is 25.7. The number of hydrogen-bond donors (Lipinski definition) is 2. The number of anilines is 3. The molecular weight excluding hydrogens is 486 g/mol. The molecular formula is C30H32F2N4O2. The van der Waals surface area contributed by atoms with Gasteiger partial charge in [-0.15, -0.1) is 0 Å². The van der Waals surface area contributed by atoms with Crippen LogP contribution in [-0.4, -0.2) is 43.0 Å². The molecule has 2 heterocycles. The Kier molecular flexibility index (Phi) is 7.86. The second kappa shape index (κ2) is 11.6. The molecule has 3 amide bonds. The van der Waals surface area contributed by atoms with Crippen molar-refractivity contribution in [1.82, 2.24) is 4.90 Å². The molecule has 3 aromatic carbocycles. The number of halogens is 2. The smallest absolute Gasteiger partial charge is 0.323 e. The quantitative estimate of drug-likeness (QED) is 0.402. The molecule has 38 heavy (non-hydrogen) atoms. The molecule has 0 unspecified atom stereocenters. The van der Waals surface area contributed by atoms with Gasteiger partial charge in [0.1, 0.15) is 11.6 Å². The van der Waals surface area contributed by atoms with Crippen LogP contribution in [-0.2, 0) is 6.42 Å². The molecule has 0 spiro atoms. The minimum Gasteiger partial charge on any atom is -0.371 e. The summed E-state index contributed by atoms with van der Waals surface area (Å²) in [5.74, 6) is -1.03. The summed E-state index contributed by atoms with van der Waals surface area (Å²) < 4.78 is 27.1. The third-order valence-corrected chi connectivity index (χ3v) is 7.38. The highest BCUT2D eigenvalue weighted by molar-refractivity contribution is 6.04. The lowest BCUT2D eigenvalue weighted by Crippen LogP contribution is -2.36. The maximum Gasteiger partial charge on any atom is 0.323 e. The predicted molar refractivity (Wildman–Crippen MR) is 146 cm³/mol. The van der Waals surface area contributed by atoms with Crippen LogP contribution in [0.1, 0.15) is 41.6 Å². The average molecular weight is 519 g/mol. The van der Waals surface area contributed by atoms with E-state index in [9.17, 15) is 18.4 Å². The third-order valence-electron chi connectivity index (χ3n) is 7.38. The van der Waals surface area contributed by atoms with E-state index in [0.29, 0.717) is 23.2 Å². The van der Waals surface area contributed by atoms with E-state index in [1.165, 1.54) is 5.56 Å². The number of amides is 3. The molecule has 0 bridgehead atoms. The van der Waals surface area contributed by atoms with E-state index in [1.54, 1.807) is 12.1 Å². The number of rotatable bonds is 6. The first-order chi connectivity index (χ1) is 18.5. The maximum atomic E-state index is 14.0. The van der Waals surface area contributed by atoms with Gasteiger partial charge in [-0.1, -0.05) is 30.3 Å². The molecule has 2 N–H and O–H groups in total. The number of piperidine rings is 1. The number of nitrogens with one attached hydrogen (secondary N) is 2. The fourth-order valence-corrected chi connectivity index (χ4v) is 5.35. The third kappa shape index (κ3) is 6.13. The van der Waals surface area contributed by atoms with Crippen molar-refractivity contribution in [3.05, 3.63) is 89.5 Å². The van der Waals surface area contributed by atoms with E-state index < -0.39 is 17.7 Å². The van der Waals surface area contributed by atoms with Crippen molar-refractivity contribution >= 4 is 29.0 Å². The van der Waals surface area contributed by atoms with Gasteiger partial charge in [0.15, 0.2) is 0 Å². The molecule has 0 saturated carbocycles. The molecule has 2 saturated heterocycles. The fourth-order valence-electron chi connectivity index (χ4n) is 5.35. The minimum atomic E-state index is -0.865. The van der Waals surface area contributed by atoms with Crippen LogP contribution in [0.25, 0.3) is 0 Å². The van der Waals surface area contributed by atoms with Crippen LogP contribution < -0.4 is 15.5 Å². The Morgan fingerprint density at radius 3 is 2.29 bits per heavy atom. The van der Waals surface area contributed by atoms with E-state index in [0.717, 1.165) is 76.1 Å². The molecule has 198 valence electrons. The van der Waals surface area contributed by atoms with Gasteiger partial charge in [0.05, 0.1) is 11.3 Å². The van der Waals surface area contributed by atoms with E-state index in [2.05, 4.69) is 39.8 Å². The monoisotopic (exact) mass is 518 g/mol. The lowest BCUT2D eigenvalue weighted by Gasteiger charge is -2.35. The van der Waals surface area contributed by atoms with Crippen molar-refractivity contribution in [3.63, 3.8) is 0 Å². The number of likely N-dealkylation sites (tertiary alicyclic amines) is 1. The molecule has 0 atom stereocenters. The van der Waals surface area contributed by atoms with Gasteiger partial charge in [-0.05, 0) is 73.9 Å². The number of carbonyl (C=O) groups is 2. The van der Waals surface area contributed by atoms with Crippen molar-refractivity contribution in [1.29, 1.82) is 0 Å². The molecule has 2 aliphatic rings. The van der Waals surface area contributed by atoms with Crippen LogP contribution in [0, 0.1) is 17.6 Å².